The van der Waals surface area contributed by atoms with Crippen LogP contribution in [0.15, 0.2) is 6.07 Å². The van der Waals surface area contributed by atoms with Crippen LogP contribution in [0, 0.1) is 0 Å². The van der Waals surface area contributed by atoms with E-state index < -0.39 is 0 Å². The Morgan fingerprint density at radius 3 is 2.76 bits per heavy atom. The molecule has 1 aromatic rings. The lowest BCUT2D eigenvalue weighted by Gasteiger charge is -2.11. The number of carbonyl (C=O) groups excluding carboxylic acids is 2. The first-order valence-corrected chi connectivity index (χ1v) is 8.25. The molecule has 116 valence electrons. The summed E-state index contributed by atoms with van der Waals surface area (Å²) in [6.07, 6.45) is 4.56. The number of likely N-dealkylation sites (N-methyl/N-ethyl adjacent to an activating group) is 1. The third-order valence-electron chi connectivity index (χ3n) is 3.73. The van der Waals surface area contributed by atoms with Crippen LogP contribution in [0.1, 0.15) is 39.9 Å². The fourth-order valence-corrected chi connectivity index (χ4v) is 3.45. The molecule has 1 aliphatic carbocycles. The highest BCUT2D eigenvalue weighted by Gasteiger charge is 2.17. The SMILES string of the molecule is CNC(C)CNC(=O)CNC(=O)c1cc2c(s1)CCCC2. The summed E-state index contributed by atoms with van der Waals surface area (Å²) in [5.41, 5.74) is 1.31. The van der Waals surface area contributed by atoms with Crippen molar-refractivity contribution in [3.8, 4) is 0 Å². The van der Waals surface area contributed by atoms with Crippen molar-refractivity contribution in [2.24, 2.45) is 0 Å². The molecule has 0 saturated heterocycles. The van der Waals surface area contributed by atoms with Crippen LogP contribution in [0.5, 0.6) is 0 Å². The zero-order valence-electron chi connectivity index (χ0n) is 12.6. The van der Waals surface area contributed by atoms with E-state index in [4.69, 9.17) is 0 Å². The molecule has 0 bridgehead atoms. The predicted octanol–water partition coefficient (Wildman–Crippen LogP) is 1.08. The summed E-state index contributed by atoms with van der Waals surface area (Å²) in [7, 11) is 1.84. The van der Waals surface area contributed by atoms with Gasteiger partial charge in [0.05, 0.1) is 11.4 Å². The topological polar surface area (TPSA) is 70.2 Å². The van der Waals surface area contributed by atoms with Gasteiger partial charge in [-0.3, -0.25) is 9.59 Å². The van der Waals surface area contributed by atoms with Crippen LogP contribution in [0.3, 0.4) is 0 Å². The van der Waals surface area contributed by atoms with Gasteiger partial charge in [-0.1, -0.05) is 0 Å². The highest BCUT2D eigenvalue weighted by Crippen LogP contribution is 2.29. The number of aryl methyl sites for hydroxylation is 2. The summed E-state index contributed by atoms with van der Waals surface area (Å²) in [4.78, 5) is 25.8. The van der Waals surface area contributed by atoms with Crippen LogP contribution in [0.2, 0.25) is 0 Å². The molecular weight excluding hydrogens is 286 g/mol. The van der Waals surface area contributed by atoms with Gasteiger partial charge in [-0.2, -0.15) is 0 Å². The minimum atomic E-state index is -0.160. The maximum absolute atomic E-state index is 12.1. The third-order valence-corrected chi connectivity index (χ3v) is 4.96. The number of hydrogen-bond acceptors (Lipinski definition) is 4. The molecule has 1 aliphatic rings. The van der Waals surface area contributed by atoms with Crippen LogP contribution < -0.4 is 16.0 Å². The molecular formula is C15H23N3O2S. The number of nitrogens with one attached hydrogen (secondary N) is 3. The lowest BCUT2D eigenvalue weighted by atomic mass is 9.99. The van der Waals surface area contributed by atoms with E-state index in [0.717, 1.165) is 17.7 Å². The molecule has 3 N–H and O–H groups in total. The maximum Gasteiger partial charge on any atom is 0.261 e. The Kier molecular flexibility index (Phi) is 5.76. The molecule has 1 aromatic heterocycles. The molecule has 2 amide bonds. The molecule has 0 radical (unpaired) electrons. The second kappa shape index (κ2) is 7.56. The molecule has 21 heavy (non-hydrogen) atoms. The average molecular weight is 309 g/mol. The van der Waals surface area contributed by atoms with Gasteiger partial charge in [0.2, 0.25) is 5.91 Å². The first kappa shape index (κ1) is 16.0. The van der Waals surface area contributed by atoms with Gasteiger partial charge in [-0.25, -0.2) is 0 Å². The Balaban J connectivity index is 1.79. The van der Waals surface area contributed by atoms with E-state index in [1.54, 1.807) is 11.3 Å². The van der Waals surface area contributed by atoms with Crippen LogP contribution in [0.25, 0.3) is 0 Å². The standard InChI is InChI=1S/C15H23N3O2S/c1-10(16-2)8-17-14(19)9-18-15(20)13-7-11-5-3-4-6-12(11)21-13/h7,10,16H,3-6,8-9H2,1-2H3,(H,17,19)(H,18,20). The lowest BCUT2D eigenvalue weighted by Crippen LogP contribution is -2.42. The summed E-state index contributed by atoms with van der Waals surface area (Å²) in [5.74, 6) is -0.307. The number of carbonyl (C=O) groups is 2. The summed E-state index contributed by atoms with van der Waals surface area (Å²) in [6.45, 7) is 2.56. The van der Waals surface area contributed by atoms with Crippen molar-refractivity contribution in [2.45, 2.75) is 38.6 Å². The Morgan fingerprint density at radius 1 is 1.29 bits per heavy atom. The Hall–Kier alpha value is -1.40. The van der Waals surface area contributed by atoms with E-state index >= 15 is 0 Å². The van der Waals surface area contributed by atoms with E-state index in [1.165, 1.54) is 23.3 Å². The van der Waals surface area contributed by atoms with Gasteiger partial charge in [0.15, 0.2) is 0 Å². The minimum Gasteiger partial charge on any atom is -0.353 e. The largest absolute Gasteiger partial charge is 0.353 e. The molecule has 5 nitrogen and oxygen atoms in total. The molecule has 0 fully saturated rings. The zero-order chi connectivity index (χ0) is 15.2. The van der Waals surface area contributed by atoms with Crippen LogP contribution in [0.4, 0.5) is 0 Å². The second-order valence-corrected chi connectivity index (χ2v) is 6.58. The van der Waals surface area contributed by atoms with Crippen molar-refractivity contribution in [2.75, 3.05) is 20.1 Å². The number of amides is 2. The van der Waals surface area contributed by atoms with E-state index in [0.29, 0.717) is 6.54 Å². The van der Waals surface area contributed by atoms with Crippen molar-refractivity contribution < 1.29 is 9.59 Å². The molecule has 1 heterocycles. The molecule has 2 rings (SSSR count). The summed E-state index contributed by atoms with van der Waals surface area (Å²) < 4.78 is 0. The quantitative estimate of drug-likeness (QED) is 0.736. The van der Waals surface area contributed by atoms with Crippen molar-refractivity contribution in [1.29, 1.82) is 0 Å². The zero-order valence-corrected chi connectivity index (χ0v) is 13.4. The lowest BCUT2D eigenvalue weighted by molar-refractivity contribution is -0.120. The van der Waals surface area contributed by atoms with E-state index in [9.17, 15) is 9.59 Å². The monoisotopic (exact) mass is 309 g/mol. The van der Waals surface area contributed by atoms with E-state index in [-0.39, 0.29) is 24.4 Å². The smallest absolute Gasteiger partial charge is 0.261 e. The Bertz CT molecular complexity index is 490. The normalized spacial score (nSPS) is 15.1. The van der Waals surface area contributed by atoms with E-state index in [1.807, 2.05) is 20.0 Å². The van der Waals surface area contributed by atoms with Crippen molar-refractivity contribution in [3.05, 3.63) is 21.4 Å². The van der Waals surface area contributed by atoms with Gasteiger partial charge < -0.3 is 16.0 Å². The van der Waals surface area contributed by atoms with Crippen LogP contribution >= 0.6 is 11.3 Å². The molecule has 0 aliphatic heterocycles. The fourth-order valence-electron chi connectivity index (χ4n) is 2.28. The first-order chi connectivity index (χ1) is 10.1. The summed E-state index contributed by atoms with van der Waals surface area (Å²) >= 11 is 1.56. The minimum absolute atomic E-state index is 0.0256. The third kappa shape index (κ3) is 4.54. The van der Waals surface area contributed by atoms with Crippen molar-refractivity contribution in [1.82, 2.24) is 16.0 Å². The van der Waals surface area contributed by atoms with Crippen LogP contribution in [-0.2, 0) is 17.6 Å². The number of fused-ring (bicyclic) bond motifs is 1. The number of hydrogen-bond donors (Lipinski definition) is 3. The fraction of sp³-hybridized carbons (Fsp3) is 0.600. The average Bonchev–Trinajstić information content (AvgIpc) is 2.94. The van der Waals surface area contributed by atoms with Gasteiger partial charge in [0, 0.05) is 17.5 Å². The predicted molar refractivity (Wildman–Crippen MR) is 84.8 cm³/mol. The number of rotatable bonds is 6. The molecule has 0 aromatic carbocycles. The van der Waals surface area contributed by atoms with Gasteiger partial charge in [0.1, 0.15) is 0 Å². The van der Waals surface area contributed by atoms with Gasteiger partial charge in [-0.05, 0) is 51.3 Å². The summed E-state index contributed by atoms with van der Waals surface area (Å²) in [6, 6.07) is 2.20. The molecule has 0 spiro atoms. The second-order valence-electron chi connectivity index (χ2n) is 5.44. The highest BCUT2D eigenvalue weighted by atomic mass is 32.1. The maximum atomic E-state index is 12.1. The number of thiophene rings is 1. The van der Waals surface area contributed by atoms with Crippen LogP contribution in [-0.4, -0.2) is 38.0 Å². The molecule has 6 heteroatoms. The molecule has 1 unspecified atom stereocenters. The van der Waals surface area contributed by atoms with Gasteiger partial charge >= 0.3 is 0 Å². The van der Waals surface area contributed by atoms with Crippen molar-refractivity contribution >= 4 is 23.2 Å². The Labute approximate surface area is 129 Å². The molecule has 1 atom stereocenters. The van der Waals surface area contributed by atoms with Gasteiger partial charge in [-0.15, -0.1) is 11.3 Å². The van der Waals surface area contributed by atoms with Gasteiger partial charge in [0.25, 0.3) is 5.91 Å². The molecule has 0 saturated carbocycles. The Morgan fingerprint density at radius 2 is 2.05 bits per heavy atom. The van der Waals surface area contributed by atoms with E-state index in [2.05, 4.69) is 16.0 Å². The van der Waals surface area contributed by atoms with Crippen molar-refractivity contribution in [3.63, 3.8) is 0 Å². The highest BCUT2D eigenvalue weighted by molar-refractivity contribution is 7.14. The summed E-state index contributed by atoms with van der Waals surface area (Å²) in [5, 5.41) is 8.50. The first-order valence-electron chi connectivity index (χ1n) is 7.44.